The van der Waals surface area contributed by atoms with Gasteiger partial charge in [0.05, 0.1) is 5.92 Å². The minimum atomic E-state index is -0.776. The average molecular weight is 239 g/mol. The molecular weight excluding hydrogens is 224 g/mol. The van der Waals surface area contributed by atoms with E-state index < -0.39 is 11.9 Å². The molecule has 1 unspecified atom stereocenters. The molecule has 0 radical (unpaired) electrons. The number of carboxylic acid groups (broad SMARTS) is 1. The Morgan fingerprint density at radius 1 is 1.50 bits per heavy atom. The van der Waals surface area contributed by atoms with E-state index in [1.165, 1.54) is 0 Å². The molecule has 0 amide bonds. The van der Waals surface area contributed by atoms with E-state index in [1.807, 2.05) is 18.2 Å². The van der Waals surface area contributed by atoms with E-state index in [0.717, 1.165) is 5.56 Å². The van der Waals surface area contributed by atoms with Gasteiger partial charge in [0.25, 0.3) is 0 Å². The third-order valence-electron chi connectivity index (χ3n) is 2.49. The van der Waals surface area contributed by atoms with Crippen molar-refractivity contribution in [3.8, 4) is 0 Å². The zero-order valence-corrected chi connectivity index (χ0v) is 9.78. The lowest BCUT2D eigenvalue weighted by Crippen LogP contribution is -2.16. The van der Waals surface area contributed by atoms with Crippen LogP contribution in [0.2, 0.25) is 5.02 Å². The maximum absolute atomic E-state index is 11.0. The number of hydrogen-bond donors (Lipinski definition) is 1. The standard InChI is InChI=1S/C13H15ClO2/c1-2-3-6-11(13(15)16)9-10-7-4-5-8-12(10)14/h2,4-5,7-8,11H,1,3,6,9H2,(H,15,16). The van der Waals surface area contributed by atoms with Crippen LogP contribution in [0.3, 0.4) is 0 Å². The number of rotatable bonds is 6. The molecule has 0 aromatic heterocycles. The molecule has 0 aliphatic heterocycles. The first-order valence-corrected chi connectivity index (χ1v) is 5.60. The number of carboxylic acids is 1. The highest BCUT2D eigenvalue weighted by Gasteiger charge is 2.18. The molecule has 0 spiro atoms. The van der Waals surface area contributed by atoms with Gasteiger partial charge < -0.3 is 5.11 Å². The maximum atomic E-state index is 11.0. The molecule has 1 aromatic rings. The molecule has 0 saturated heterocycles. The van der Waals surface area contributed by atoms with Crippen molar-refractivity contribution in [1.82, 2.24) is 0 Å². The second-order valence-corrected chi connectivity index (χ2v) is 4.10. The van der Waals surface area contributed by atoms with E-state index in [1.54, 1.807) is 12.1 Å². The third kappa shape index (κ3) is 3.70. The summed E-state index contributed by atoms with van der Waals surface area (Å²) in [5.41, 5.74) is 0.889. The predicted molar refractivity (Wildman–Crippen MR) is 65.7 cm³/mol. The molecule has 1 N–H and O–H groups in total. The van der Waals surface area contributed by atoms with Crippen molar-refractivity contribution in [2.24, 2.45) is 5.92 Å². The lowest BCUT2D eigenvalue weighted by Gasteiger charge is -2.12. The predicted octanol–water partition coefficient (Wildman–Crippen LogP) is 3.55. The molecule has 86 valence electrons. The molecule has 0 saturated carbocycles. The molecule has 1 rings (SSSR count). The highest BCUT2D eigenvalue weighted by atomic mass is 35.5. The van der Waals surface area contributed by atoms with Gasteiger partial charge in [0.2, 0.25) is 0 Å². The number of halogens is 1. The van der Waals surface area contributed by atoms with Crippen molar-refractivity contribution in [3.63, 3.8) is 0 Å². The van der Waals surface area contributed by atoms with Gasteiger partial charge in [0.1, 0.15) is 0 Å². The fraction of sp³-hybridized carbons (Fsp3) is 0.308. The molecule has 0 fully saturated rings. The first-order valence-electron chi connectivity index (χ1n) is 5.22. The second kappa shape index (κ2) is 6.33. The fourth-order valence-corrected chi connectivity index (χ4v) is 1.77. The van der Waals surface area contributed by atoms with E-state index in [-0.39, 0.29) is 0 Å². The summed E-state index contributed by atoms with van der Waals surface area (Å²) in [6, 6.07) is 7.36. The summed E-state index contributed by atoms with van der Waals surface area (Å²) < 4.78 is 0. The van der Waals surface area contributed by atoms with E-state index in [4.69, 9.17) is 16.7 Å². The lowest BCUT2D eigenvalue weighted by molar-refractivity contribution is -0.141. The van der Waals surface area contributed by atoms with Gasteiger partial charge in [0.15, 0.2) is 0 Å². The second-order valence-electron chi connectivity index (χ2n) is 3.70. The van der Waals surface area contributed by atoms with Crippen molar-refractivity contribution in [1.29, 1.82) is 0 Å². The van der Waals surface area contributed by atoms with E-state index in [9.17, 15) is 4.79 Å². The first kappa shape index (κ1) is 12.8. The molecule has 0 aliphatic carbocycles. The minimum Gasteiger partial charge on any atom is -0.481 e. The van der Waals surface area contributed by atoms with Gasteiger partial charge in [-0.25, -0.2) is 0 Å². The molecule has 1 aromatic carbocycles. The zero-order chi connectivity index (χ0) is 12.0. The summed E-state index contributed by atoms with van der Waals surface area (Å²) in [6.45, 7) is 3.60. The van der Waals surface area contributed by atoms with E-state index in [2.05, 4.69) is 6.58 Å². The quantitative estimate of drug-likeness (QED) is 0.770. The van der Waals surface area contributed by atoms with E-state index in [0.29, 0.717) is 24.3 Å². The molecule has 0 heterocycles. The Hall–Kier alpha value is -1.28. The van der Waals surface area contributed by atoms with Gasteiger partial charge >= 0.3 is 5.97 Å². The number of allylic oxidation sites excluding steroid dienone is 1. The van der Waals surface area contributed by atoms with Crippen LogP contribution in [0.15, 0.2) is 36.9 Å². The summed E-state index contributed by atoms with van der Waals surface area (Å²) in [4.78, 5) is 11.0. The van der Waals surface area contributed by atoms with Crippen molar-refractivity contribution in [2.75, 3.05) is 0 Å². The normalized spacial score (nSPS) is 12.1. The van der Waals surface area contributed by atoms with Gasteiger partial charge in [0, 0.05) is 5.02 Å². The molecule has 0 aliphatic rings. The van der Waals surface area contributed by atoms with Gasteiger partial charge in [-0.15, -0.1) is 6.58 Å². The third-order valence-corrected chi connectivity index (χ3v) is 2.86. The average Bonchev–Trinajstić information content (AvgIpc) is 2.26. The highest BCUT2D eigenvalue weighted by molar-refractivity contribution is 6.31. The molecule has 16 heavy (non-hydrogen) atoms. The van der Waals surface area contributed by atoms with Crippen LogP contribution in [0.25, 0.3) is 0 Å². The SMILES string of the molecule is C=CCCC(Cc1ccccc1Cl)C(=O)O. The van der Waals surface area contributed by atoms with Crippen molar-refractivity contribution in [3.05, 3.63) is 47.5 Å². The smallest absolute Gasteiger partial charge is 0.306 e. The summed E-state index contributed by atoms with van der Waals surface area (Å²) >= 11 is 5.99. The summed E-state index contributed by atoms with van der Waals surface area (Å²) in [6.07, 6.45) is 3.52. The topological polar surface area (TPSA) is 37.3 Å². The van der Waals surface area contributed by atoms with Gasteiger partial charge in [-0.3, -0.25) is 4.79 Å². The number of carbonyl (C=O) groups is 1. The number of benzene rings is 1. The molecule has 2 nitrogen and oxygen atoms in total. The van der Waals surface area contributed by atoms with Crippen LogP contribution in [0, 0.1) is 5.92 Å². The number of hydrogen-bond acceptors (Lipinski definition) is 1. The van der Waals surface area contributed by atoms with Crippen molar-refractivity contribution in [2.45, 2.75) is 19.3 Å². The maximum Gasteiger partial charge on any atom is 0.306 e. The Balaban J connectivity index is 2.71. The Bertz CT molecular complexity index is 374. The highest BCUT2D eigenvalue weighted by Crippen LogP contribution is 2.21. The van der Waals surface area contributed by atoms with Gasteiger partial charge in [-0.2, -0.15) is 0 Å². The van der Waals surface area contributed by atoms with Crippen LogP contribution < -0.4 is 0 Å². The Labute approximate surface area is 101 Å². The molecule has 1 atom stereocenters. The largest absolute Gasteiger partial charge is 0.481 e. The van der Waals surface area contributed by atoms with Crippen LogP contribution in [0.5, 0.6) is 0 Å². The summed E-state index contributed by atoms with van der Waals surface area (Å²) in [5, 5.41) is 9.71. The van der Waals surface area contributed by atoms with Crippen LogP contribution in [0.1, 0.15) is 18.4 Å². The first-order chi connectivity index (χ1) is 7.65. The van der Waals surface area contributed by atoms with Crippen LogP contribution in [0.4, 0.5) is 0 Å². The zero-order valence-electron chi connectivity index (χ0n) is 9.03. The molecule has 3 heteroatoms. The van der Waals surface area contributed by atoms with Crippen molar-refractivity contribution >= 4 is 17.6 Å². The van der Waals surface area contributed by atoms with Gasteiger partial charge in [-0.1, -0.05) is 35.9 Å². The van der Waals surface area contributed by atoms with E-state index >= 15 is 0 Å². The molecule has 0 bridgehead atoms. The Kier molecular flexibility index (Phi) is 5.06. The lowest BCUT2D eigenvalue weighted by atomic mass is 9.95. The Morgan fingerprint density at radius 2 is 2.19 bits per heavy atom. The number of aliphatic carboxylic acids is 1. The fourth-order valence-electron chi connectivity index (χ4n) is 1.56. The summed E-state index contributed by atoms with van der Waals surface area (Å²) in [7, 11) is 0. The summed E-state index contributed by atoms with van der Waals surface area (Å²) in [5.74, 6) is -1.17. The van der Waals surface area contributed by atoms with Crippen LogP contribution in [-0.4, -0.2) is 11.1 Å². The van der Waals surface area contributed by atoms with Gasteiger partial charge in [-0.05, 0) is 30.9 Å². The monoisotopic (exact) mass is 238 g/mol. The van der Waals surface area contributed by atoms with Crippen LogP contribution in [-0.2, 0) is 11.2 Å². The minimum absolute atomic E-state index is 0.391. The Morgan fingerprint density at radius 3 is 2.75 bits per heavy atom. The van der Waals surface area contributed by atoms with Crippen LogP contribution >= 0.6 is 11.6 Å². The van der Waals surface area contributed by atoms with Crippen molar-refractivity contribution < 1.29 is 9.90 Å². The molecular formula is C13H15ClO2.